The zero-order valence-electron chi connectivity index (χ0n) is 15.6. The van der Waals surface area contributed by atoms with Crippen LogP contribution in [0.5, 0.6) is 17.2 Å². The molecule has 1 heterocycles. The number of para-hydroxylation sites is 2. The van der Waals surface area contributed by atoms with Crippen LogP contribution < -0.4 is 23.8 Å². The van der Waals surface area contributed by atoms with Crippen molar-refractivity contribution in [2.75, 3.05) is 37.4 Å². The third kappa shape index (κ3) is 4.66. The smallest absolute Gasteiger partial charge is 0.263 e. The van der Waals surface area contributed by atoms with Crippen molar-refractivity contribution in [3.63, 3.8) is 0 Å². The van der Waals surface area contributed by atoms with E-state index in [1.54, 1.807) is 55.6 Å². The first-order chi connectivity index (χ1) is 13.4. The minimum absolute atomic E-state index is 0.0823. The van der Waals surface area contributed by atoms with Gasteiger partial charge in [0.1, 0.15) is 23.9 Å². The number of carbonyl (C=O) groups is 1. The molecule has 0 spiro atoms. The summed E-state index contributed by atoms with van der Waals surface area (Å²) in [5.41, 5.74) is 0.428. The molecule has 0 aliphatic carbocycles. The molecule has 9 heteroatoms. The van der Waals surface area contributed by atoms with Gasteiger partial charge in [-0.2, -0.15) is 0 Å². The van der Waals surface area contributed by atoms with Crippen LogP contribution in [0, 0.1) is 0 Å². The maximum atomic E-state index is 12.4. The molecule has 0 saturated heterocycles. The van der Waals surface area contributed by atoms with E-state index in [2.05, 4.69) is 5.32 Å². The lowest BCUT2D eigenvalue weighted by Crippen LogP contribution is -2.51. The zero-order valence-corrected chi connectivity index (χ0v) is 16.4. The van der Waals surface area contributed by atoms with Gasteiger partial charge < -0.3 is 19.5 Å². The van der Waals surface area contributed by atoms with Crippen LogP contribution in [0.3, 0.4) is 0 Å². The van der Waals surface area contributed by atoms with Crippen LogP contribution in [0.25, 0.3) is 0 Å². The summed E-state index contributed by atoms with van der Waals surface area (Å²) in [6.07, 6.45) is 0.165. The first-order valence-electron chi connectivity index (χ1n) is 8.66. The van der Waals surface area contributed by atoms with Crippen molar-refractivity contribution in [1.29, 1.82) is 0 Å². The van der Waals surface area contributed by atoms with Gasteiger partial charge in [-0.3, -0.25) is 9.10 Å². The first-order valence-corrected chi connectivity index (χ1v) is 10.5. The quantitative estimate of drug-likeness (QED) is 0.699. The lowest BCUT2D eigenvalue weighted by molar-refractivity contribution is -0.127. The SMILES string of the molecule is COc1ccc(OCCNC(=O)C2CN(S(C)(=O)=O)c3ccccc3O2)cc1. The molecule has 150 valence electrons. The Morgan fingerprint density at radius 1 is 1.18 bits per heavy atom. The Hall–Kier alpha value is -2.94. The molecule has 0 fully saturated rings. The van der Waals surface area contributed by atoms with E-state index in [1.807, 2.05) is 0 Å². The van der Waals surface area contributed by atoms with Crippen LogP contribution in [-0.2, 0) is 14.8 Å². The van der Waals surface area contributed by atoms with Gasteiger partial charge in [-0.05, 0) is 36.4 Å². The highest BCUT2D eigenvalue weighted by Crippen LogP contribution is 2.34. The Morgan fingerprint density at radius 2 is 1.86 bits per heavy atom. The Bertz CT molecular complexity index is 930. The second-order valence-corrected chi connectivity index (χ2v) is 8.09. The minimum atomic E-state index is -3.53. The number of fused-ring (bicyclic) bond motifs is 1. The van der Waals surface area contributed by atoms with Crippen LogP contribution in [-0.4, -0.2) is 53.5 Å². The highest BCUT2D eigenvalue weighted by molar-refractivity contribution is 7.92. The van der Waals surface area contributed by atoms with E-state index < -0.39 is 22.0 Å². The van der Waals surface area contributed by atoms with E-state index in [-0.39, 0.29) is 19.7 Å². The van der Waals surface area contributed by atoms with Crippen LogP contribution in [0.4, 0.5) is 5.69 Å². The molecule has 1 atom stereocenters. The number of anilines is 1. The van der Waals surface area contributed by atoms with Crippen molar-refractivity contribution < 1.29 is 27.4 Å². The van der Waals surface area contributed by atoms with E-state index >= 15 is 0 Å². The summed E-state index contributed by atoms with van der Waals surface area (Å²) in [4.78, 5) is 12.4. The predicted octanol–water partition coefficient (Wildman–Crippen LogP) is 1.42. The van der Waals surface area contributed by atoms with Crippen LogP contribution >= 0.6 is 0 Å². The van der Waals surface area contributed by atoms with Crippen molar-refractivity contribution >= 4 is 21.6 Å². The van der Waals surface area contributed by atoms with Gasteiger partial charge in [0.2, 0.25) is 10.0 Å². The van der Waals surface area contributed by atoms with E-state index in [0.29, 0.717) is 17.2 Å². The molecule has 1 N–H and O–H groups in total. The van der Waals surface area contributed by atoms with Gasteiger partial charge in [-0.15, -0.1) is 0 Å². The molecule has 2 aromatic rings. The molecule has 1 amide bonds. The molecule has 28 heavy (non-hydrogen) atoms. The average Bonchev–Trinajstić information content (AvgIpc) is 2.70. The number of hydrogen-bond donors (Lipinski definition) is 1. The number of rotatable bonds is 7. The van der Waals surface area contributed by atoms with Crippen LogP contribution in [0.15, 0.2) is 48.5 Å². The maximum absolute atomic E-state index is 12.4. The third-order valence-corrected chi connectivity index (χ3v) is 5.30. The van der Waals surface area contributed by atoms with Crippen molar-refractivity contribution in [3.8, 4) is 17.2 Å². The fourth-order valence-electron chi connectivity index (χ4n) is 2.78. The van der Waals surface area contributed by atoms with Gasteiger partial charge in [-0.1, -0.05) is 12.1 Å². The van der Waals surface area contributed by atoms with Gasteiger partial charge in [-0.25, -0.2) is 8.42 Å². The number of carbonyl (C=O) groups excluding carboxylic acids is 1. The fraction of sp³-hybridized carbons (Fsp3) is 0.316. The molecule has 1 aliphatic rings. The van der Waals surface area contributed by atoms with Gasteiger partial charge in [0.15, 0.2) is 6.10 Å². The van der Waals surface area contributed by atoms with E-state index in [0.717, 1.165) is 12.0 Å². The summed E-state index contributed by atoms with van der Waals surface area (Å²) in [7, 11) is -1.95. The maximum Gasteiger partial charge on any atom is 0.263 e. The second-order valence-electron chi connectivity index (χ2n) is 6.18. The van der Waals surface area contributed by atoms with Gasteiger partial charge >= 0.3 is 0 Å². The van der Waals surface area contributed by atoms with Crippen LogP contribution in [0.1, 0.15) is 0 Å². The van der Waals surface area contributed by atoms with Gasteiger partial charge in [0, 0.05) is 0 Å². The molecule has 0 radical (unpaired) electrons. The molecule has 0 bridgehead atoms. The molecule has 3 rings (SSSR count). The number of ether oxygens (including phenoxy) is 3. The minimum Gasteiger partial charge on any atom is -0.497 e. The molecule has 1 aliphatic heterocycles. The van der Waals surface area contributed by atoms with Crippen molar-refractivity contribution in [3.05, 3.63) is 48.5 Å². The first kappa shape index (κ1) is 19.8. The zero-order chi connectivity index (χ0) is 20.1. The summed E-state index contributed by atoms with van der Waals surface area (Å²) in [5, 5.41) is 2.71. The number of hydrogen-bond acceptors (Lipinski definition) is 6. The number of methoxy groups -OCH3 is 1. The van der Waals surface area contributed by atoms with Crippen LogP contribution in [0.2, 0.25) is 0 Å². The molecule has 8 nitrogen and oxygen atoms in total. The molecule has 1 unspecified atom stereocenters. The number of amides is 1. The van der Waals surface area contributed by atoms with Gasteiger partial charge in [0.25, 0.3) is 5.91 Å². The largest absolute Gasteiger partial charge is 0.497 e. The number of benzene rings is 2. The lowest BCUT2D eigenvalue weighted by Gasteiger charge is -2.33. The van der Waals surface area contributed by atoms with Crippen molar-refractivity contribution in [2.45, 2.75) is 6.10 Å². The Balaban J connectivity index is 1.55. The summed E-state index contributed by atoms with van der Waals surface area (Å²) in [5.74, 6) is 1.34. The summed E-state index contributed by atoms with van der Waals surface area (Å²) in [6, 6.07) is 13.8. The Labute approximate surface area is 164 Å². The van der Waals surface area contributed by atoms with E-state index in [9.17, 15) is 13.2 Å². The number of sulfonamides is 1. The molecular weight excluding hydrogens is 384 g/mol. The topological polar surface area (TPSA) is 94.2 Å². The third-order valence-electron chi connectivity index (χ3n) is 4.16. The predicted molar refractivity (Wildman–Crippen MR) is 105 cm³/mol. The van der Waals surface area contributed by atoms with Crippen molar-refractivity contribution in [1.82, 2.24) is 5.32 Å². The summed E-state index contributed by atoms with van der Waals surface area (Å²) < 4.78 is 41.7. The fourth-order valence-corrected chi connectivity index (χ4v) is 3.70. The van der Waals surface area contributed by atoms with Gasteiger partial charge in [0.05, 0.1) is 32.1 Å². The van der Waals surface area contributed by atoms with Crippen molar-refractivity contribution in [2.24, 2.45) is 0 Å². The molecule has 0 saturated carbocycles. The molecule has 0 aromatic heterocycles. The Kier molecular flexibility index (Phi) is 5.93. The summed E-state index contributed by atoms with van der Waals surface area (Å²) in [6.45, 7) is 0.434. The van der Waals surface area contributed by atoms with E-state index in [1.165, 1.54) is 4.31 Å². The normalized spacial score (nSPS) is 15.9. The average molecular weight is 406 g/mol. The Morgan fingerprint density at radius 3 is 2.54 bits per heavy atom. The summed E-state index contributed by atoms with van der Waals surface area (Å²) >= 11 is 0. The standard InChI is InChI=1S/C19H22N2O6S/c1-25-14-7-9-15(10-8-14)26-12-11-20-19(22)18-13-21(28(2,23)24)16-5-3-4-6-17(16)27-18/h3-10,18H,11-13H2,1-2H3,(H,20,22). The monoisotopic (exact) mass is 406 g/mol. The lowest BCUT2D eigenvalue weighted by atomic mass is 10.2. The molecule has 2 aromatic carbocycles. The highest BCUT2D eigenvalue weighted by Gasteiger charge is 2.34. The second kappa shape index (κ2) is 8.39. The molecular formula is C19H22N2O6S. The number of nitrogens with one attached hydrogen (secondary N) is 1. The highest BCUT2D eigenvalue weighted by atomic mass is 32.2. The van der Waals surface area contributed by atoms with E-state index in [4.69, 9.17) is 14.2 Å². The number of nitrogens with zero attached hydrogens (tertiary/aromatic N) is 1.